The molecule has 6 nitrogen and oxygen atoms in total. The molecule has 0 atom stereocenters. The van der Waals surface area contributed by atoms with Crippen LogP contribution in [0.2, 0.25) is 0 Å². The van der Waals surface area contributed by atoms with Gasteiger partial charge in [0.05, 0.1) is 25.1 Å². The molecular formula is C18H25N5O. The van der Waals surface area contributed by atoms with E-state index in [2.05, 4.69) is 33.4 Å². The van der Waals surface area contributed by atoms with Gasteiger partial charge in [-0.3, -0.25) is 4.99 Å². The molecule has 1 aromatic carbocycles. The van der Waals surface area contributed by atoms with Crippen LogP contribution in [0.25, 0.3) is 5.69 Å². The molecule has 0 amide bonds. The molecule has 2 heterocycles. The van der Waals surface area contributed by atoms with Crippen LogP contribution in [-0.2, 0) is 11.3 Å². The molecule has 0 aliphatic carbocycles. The molecule has 128 valence electrons. The van der Waals surface area contributed by atoms with Gasteiger partial charge in [-0.25, -0.2) is 4.68 Å². The SMILES string of the molecule is CN=C(NCC1(C)COC1)N(C)Cc1cnn(-c2ccccc2)c1. The first kappa shape index (κ1) is 16.5. The maximum absolute atomic E-state index is 5.30. The summed E-state index contributed by atoms with van der Waals surface area (Å²) < 4.78 is 7.20. The summed E-state index contributed by atoms with van der Waals surface area (Å²) in [5.41, 5.74) is 2.42. The minimum atomic E-state index is 0.217. The van der Waals surface area contributed by atoms with Crippen molar-refractivity contribution in [2.75, 3.05) is 33.9 Å². The predicted octanol–water partition coefficient (Wildman–Crippen LogP) is 1.92. The molecule has 0 bridgehead atoms. The highest BCUT2D eigenvalue weighted by Gasteiger charge is 2.33. The van der Waals surface area contributed by atoms with Gasteiger partial charge in [0.25, 0.3) is 0 Å². The topological polar surface area (TPSA) is 54.7 Å². The van der Waals surface area contributed by atoms with E-state index in [1.807, 2.05) is 55.3 Å². The maximum atomic E-state index is 5.30. The first-order valence-electron chi connectivity index (χ1n) is 8.18. The highest BCUT2D eigenvalue weighted by Crippen LogP contribution is 2.25. The Morgan fingerprint density at radius 2 is 2.12 bits per heavy atom. The summed E-state index contributed by atoms with van der Waals surface area (Å²) in [4.78, 5) is 6.48. The molecule has 1 aliphatic heterocycles. The van der Waals surface area contributed by atoms with Gasteiger partial charge < -0.3 is 15.0 Å². The third-order valence-corrected chi connectivity index (χ3v) is 4.22. The van der Waals surface area contributed by atoms with Gasteiger partial charge in [-0.1, -0.05) is 25.1 Å². The molecule has 2 aromatic rings. The zero-order valence-electron chi connectivity index (χ0n) is 14.6. The molecule has 6 heteroatoms. The number of hydrogen-bond acceptors (Lipinski definition) is 3. The van der Waals surface area contributed by atoms with E-state index in [0.717, 1.165) is 43.5 Å². The first-order chi connectivity index (χ1) is 11.6. The second-order valence-electron chi connectivity index (χ2n) is 6.69. The van der Waals surface area contributed by atoms with Crippen LogP contribution < -0.4 is 5.32 Å². The Kier molecular flexibility index (Phi) is 4.85. The molecule has 0 saturated carbocycles. The minimum absolute atomic E-state index is 0.217. The number of aromatic nitrogens is 2. The number of guanidine groups is 1. The van der Waals surface area contributed by atoms with E-state index in [9.17, 15) is 0 Å². The average molecular weight is 327 g/mol. The molecule has 24 heavy (non-hydrogen) atoms. The van der Waals surface area contributed by atoms with Gasteiger partial charge in [0, 0.05) is 44.4 Å². The van der Waals surface area contributed by atoms with Crippen LogP contribution in [0.1, 0.15) is 12.5 Å². The molecule has 1 fully saturated rings. The van der Waals surface area contributed by atoms with E-state index >= 15 is 0 Å². The highest BCUT2D eigenvalue weighted by atomic mass is 16.5. The summed E-state index contributed by atoms with van der Waals surface area (Å²) in [6.07, 6.45) is 3.96. The minimum Gasteiger partial charge on any atom is -0.380 e. The second kappa shape index (κ2) is 7.05. The highest BCUT2D eigenvalue weighted by molar-refractivity contribution is 5.79. The Bertz CT molecular complexity index is 690. The molecule has 0 spiro atoms. The van der Waals surface area contributed by atoms with Gasteiger partial charge in [0.1, 0.15) is 0 Å². The average Bonchev–Trinajstić information content (AvgIpc) is 3.03. The monoisotopic (exact) mass is 327 g/mol. The third-order valence-electron chi connectivity index (χ3n) is 4.22. The van der Waals surface area contributed by atoms with Crippen molar-refractivity contribution >= 4 is 5.96 Å². The molecule has 1 aromatic heterocycles. The molecule has 1 aliphatic rings. The summed E-state index contributed by atoms with van der Waals surface area (Å²) >= 11 is 0. The van der Waals surface area contributed by atoms with E-state index in [1.54, 1.807) is 0 Å². The number of aliphatic imine (C=N–C) groups is 1. The predicted molar refractivity (Wildman–Crippen MR) is 95.3 cm³/mol. The van der Waals surface area contributed by atoms with Gasteiger partial charge in [-0.2, -0.15) is 5.10 Å². The van der Waals surface area contributed by atoms with Crippen LogP contribution in [-0.4, -0.2) is 54.5 Å². The fraction of sp³-hybridized carbons (Fsp3) is 0.444. The Balaban J connectivity index is 1.59. The van der Waals surface area contributed by atoms with Crippen molar-refractivity contribution in [2.24, 2.45) is 10.4 Å². The zero-order chi connectivity index (χ0) is 17.0. The number of rotatable bonds is 5. The lowest BCUT2D eigenvalue weighted by atomic mass is 9.89. The summed E-state index contributed by atoms with van der Waals surface area (Å²) in [6, 6.07) is 10.1. The van der Waals surface area contributed by atoms with E-state index in [-0.39, 0.29) is 5.41 Å². The summed E-state index contributed by atoms with van der Waals surface area (Å²) in [6.45, 7) is 5.46. The lowest BCUT2D eigenvalue weighted by Crippen LogP contribution is -2.51. The van der Waals surface area contributed by atoms with Crippen molar-refractivity contribution in [1.29, 1.82) is 0 Å². The lowest BCUT2D eigenvalue weighted by molar-refractivity contribution is -0.0972. The van der Waals surface area contributed by atoms with Crippen molar-refractivity contribution in [3.05, 3.63) is 48.3 Å². The number of nitrogens with zero attached hydrogens (tertiary/aromatic N) is 4. The van der Waals surface area contributed by atoms with Gasteiger partial charge in [0.2, 0.25) is 0 Å². The van der Waals surface area contributed by atoms with Crippen molar-refractivity contribution in [1.82, 2.24) is 20.0 Å². The molecule has 0 unspecified atom stereocenters. The van der Waals surface area contributed by atoms with Gasteiger partial charge in [-0.05, 0) is 12.1 Å². The van der Waals surface area contributed by atoms with Crippen LogP contribution in [0, 0.1) is 5.41 Å². The van der Waals surface area contributed by atoms with E-state index < -0.39 is 0 Å². The smallest absolute Gasteiger partial charge is 0.193 e. The van der Waals surface area contributed by atoms with Crippen molar-refractivity contribution in [2.45, 2.75) is 13.5 Å². The number of hydrogen-bond donors (Lipinski definition) is 1. The molecule has 3 rings (SSSR count). The van der Waals surface area contributed by atoms with Crippen molar-refractivity contribution in [3.63, 3.8) is 0 Å². The number of nitrogens with one attached hydrogen (secondary N) is 1. The second-order valence-corrected chi connectivity index (χ2v) is 6.69. The number of ether oxygens (including phenoxy) is 1. The Labute approximate surface area is 143 Å². The summed E-state index contributed by atoms with van der Waals surface area (Å²) in [5.74, 6) is 0.885. The first-order valence-corrected chi connectivity index (χ1v) is 8.18. The number of benzene rings is 1. The van der Waals surface area contributed by atoms with Crippen LogP contribution in [0.3, 0.4) is 0 Å². The summed E-state index contributed by atoms with van der Waals surface area (Å²) in [7, 11) is 3.85. The van der Waals surface area contributed by atoms with Gasteiger partial charge in [-0.15, -0.1) is 0 Å². The fourth-order valence-electron chi connectivity index (χ4n) is 2.74. The van der Waals surface area contributed by atoms with E-state index in [4.69, 9.17) is 4.74 Å². The standard InChI is InChI=1S/C18H25N5O/c1-18(13-24-14-18)12-20-17(19-2)22(3)10-15-9-21-23(11-15)16-7-5-4-6-8-16/h4-9,11H,10,12-14H2,1-3H3,(H,19,20). The van der Waals surface area contributed by atoms with Crippen LogP contribution >= 0.6 is 0 Å². The van der Waals surface area contributed by atoms with Crippen molar-refractivity contribution in [3.8, 4) is 5.69 Å². The molecular weight excluding hydrogens is 302 g/mol. The Hall–Kier alpha value is -2.34. The number of para-hydroxylation sites is 1. The van der Waals surface area contributed by atoms with Crippen LogP contribution in [0.15, 0.2) is 47.7 Å². The molecule has 0 radical (unpaired) electrons. The van der Waals surface area contributed by atoms with E-state index in [0.29, 0.717) is 0 Å². The van der Waals surface area contributed by atoms with Gasteiger partial charge in [0.15, 0.2) is 5.96 Å². The lowest BCUT2D eigenvalue weighted by Gasteiger charge is -2.39. The Morgan fingerprint density at radius 3 is 2.75 bits per heavy atom. The molecule has 1 N–H and O–H groups in total. The normalized spacial score (nSPS) is 16.5. The largest absolute Gasteiger partial charge is 0.380 e. The molecule has 1 saturated heterocycles. The summed E-state index contributed by atoms with van der Waals surface area (Å²) in [5, 5.41) is 7.88. The zero-order valence-corrected chi connectivity index (χ0v) is 14.6. The quantitative estimate of drug-likeness (QED) is 0.673. The Morgan fingerprint density at radius 1 is 1.38 bits per heavy atom. The van der Waals surface area contributed by atoms with Crippen molar-refractivity contribution < 1.29 is 4.74 Å². The third kappa shape index (κ3) is 3.76. The van der Waals surface area contributed by atoms with E-state index in [1.165, 1.54) is 0 Å². The van der Waals surface area contributed by atoms with Crippen LogP contribution in [0.4, 0.5) is 0 Å². The maximum Gasteiger partial charge on any atom is 0.193 e. The van der Waals surface area contributed by atoms with Crippen LogP contribution in [0.5, 0.6) is 0 Å². The van der Waals surface area contributed by atoms with Gasteiger partial charge >= 0.3 is 0 Å². The fourth-order valence-corrected chi connectivity index (χ4v) is 2.74.